The van der Waals surface area contributed by atoms with E-state index in [9.17, 15) is 13.2 Å². The molecule has 0 spiro atoms. The number of nitrogens with one attached hydrogen (secondary N) is 1. The van der Waals surface area contributed by atoms with Gasteiger partial charge in [0.05, 0.1) is 11.4 Å². The molecule has 0 aliphatic heterocycles. The number of carbonyl (C=O) groups excluding carboxylic acids is 1. The molecule has 9 heteroatoms. The molecule has 0 radical (unpaired) electrons. The Hall–Kier alpha value is -1.90. The summed E-state index contributed by atoms with van der Waals surface area (Å²) in [4.78, 5) is 13.1. The van der Waals surface area contributed by atoms with Crippen LogP contribution in [0.4, 0.5) is 5.69 Å². The van der Waals surface area contributed by atoms with Gasteiger partial charge in [0.15, 0.2) is 0 Å². The normalized spacial score (nSPS) is 11.6. The van der Waals surface area contributed by atoms with Gasteiger partial charge >= 0.3 is 0 Å². The van der Waals surface area contributed by atoms with Crippen molar-refractivity contribution in [1.29, 1.82) is 0 Å². The Morgan fingerprint density at radius 3 is 2.15 bits per heavy atom. The highest BCUT2D eigenvalue weighted by Gasteiger charge is 2.28. The summed E-state index contributed by atoms with van der Waals surface area (Å²) in [5.74, 6) is -0.448. The molecule has 5 nitrogen and oxygen atoms in total. The average molecular weight is 570 g/mol. The van der Waals surface area contributed by atoms with Gasteiger partial charge in [-0.2, -0.15) is 4.31 Å². The lowest BCUT2D eigenvalue weighted by atomic mass is 10.1. The van der Waals surface area contributed by atoms with E-state index in [1.807, 2.05) is 32.9 Å². The Bertz CT molecular complexity index is 1270. The second-order valence-corrected chi connectivity index (χ2v) is 11.5. The molecule has 3 aromatic rings. The number of hydrogen-bond acceptors (Lipinski definition) is 3. The van der Waals surface area contributed by atoms with E-state index in [0.29, 0.717) is 21.3 Å². The summed E-state index contributed by atoms with van der Waals surface area (Å²) in [5, 5.41) is 3.63. The molecule has 0 saturated carbocycles. The van der Waals surface area contributed by atoms with Crippen molar-refractivity contribution in [3.63, 3.8) is 0 Å². The van der Waals surface area contributed by atoms with Gasteiger partial charge in [-0.05, 0) is 73.9 Å². The molecule has 1 amide bonds. The number of aryl methyl sites for hydroxylation is 3. The molecule has 0 fully saturated rings. The Morgan fingerprint density at radius 1 is 0.970 bits per heavy atom. The number of halogens is 3. The summed E-state index contributed by atoms with van der Waals surface area (Å²) in [6, 6.07) is 15.0. The van der Waals surface area contributed by atoms with Crippen molar-refractivity contribution in [1.82, 2.24) is 4.31 Å². The Labute approximate surface area is 212 Å². The largest absolute Gasteiger partial charge is 0.324 e. The van der Waals surface area contributed by atoms with E-state index in [-0.39, 0.29) is 18.0 Å². The molecular formula is C24H23BrCl2N2O3S. The first-order valence-electron chi connectivity index (χ1n) is 10.0. The number of benzene rings is 3. The molecule has 3 rings (SSSR count). The maximum Gasteiger partial charge on any atom is 0.243 e. The molecule has 0 aromatic heterocycles. The van der Waals surface area contributed by atoms with Crippen LogP contribution in [-0.2, 0) is 21.4 Å². The van der Waals surface area contributed by atoms with Crippen LogP contribution in [0, 0.1) is 20.8 Å². The molecule has 0 unspecified atom stereocenters. The molecule has 0 saturated heterocycles. The molecule has 0 atom stereocenters. The highest BCUT2D eigenvalue weighted by molar-refractivity contribution is 9.10. The topological polar surface area (TPSA) is 66.5 Å². The van der Waals surface area contributed by atoms with Crippen LogP contribution in [0.15, 0.2) is 64.0 Å². The number of amides is 1. The van der Waals surface area contributed by atoms with E-state index in [0.717, 1.165) is 25.5 Å². The zero-order valence-electron chi connectivity index (χ0n) is 18.3. The lowest BCUT2D eigenvalue weighted by Crippen LogP contribution is -2.37. The zero-order valence-corrected chi connectivity index (χ0v) is 22.2. The summed E-state index contributed by atoms with van der Waals surface area (Å²) in [6.07, 6.45) is 0. The Morgan fingerprint density at radius 2 is 1.58 bits per heavy atom. The minimum absolute atomic E-state index is 0.0753. The van der Waals surface area contributed by atoms with Crippen molar-refractivity contribution < 1.29 is 13.2 Å². The van der Waals surface area contributed by atoms with Gasteiger partial charge in [0.2, 0.25) is 15.9 Å². The van der Waals surface area contributed by atoms with Crippen LogP contribution in [0.5, 0.6) is 0 Å². The van der Waals surface area contributed by atoms with Gasteiger partial charge in [-0.25, -0.2) is 8.42 Å². The van der Waals surface area contributed by atoms with Gasteiger partial charge in [-0.1, -0.05) is 62.9 Å². The average Bonchev–Trinajstić information content (AvgIpc) is 2.72. The maximum absolute atomic E-state index is 13.5. The van der Waals surface area contributed by atoms with Gasteiger partial charge in [0.1, 0.15) is 0 Å². The van der Waals surface area contributed by atoms with Crippen LogP contribution < -0.4 is 5.32 Å². The molecule has 174 valence electrons. The summed E-state index contributed by atoms with van der Waals surface area (Å²) < 4.78 is 28.8. The molecule has 0 aliphatic carbocycles. The van der Waals surface area contributed by atoms with E-state index in [2.05, 4.69) is 21.2 Å². The summed E-state index contributed by atoms with van der Waals surface area (Å²) in [5.41, 5.74) is 4.11. The second kappa shape index (κ2) is 10.6. The molecular weight excluding hydrogens is 547 g/mol. The van der Waals surface area contributed by atoms with E-state index in [4.69, 9.17) is 23.2 Å². The molecule has 1 N–H and O–H groups in total. The van der Waals surface area contributed by atoms with E-state index in [1.165, 1.54) is 12.1 Å². The third-order valence-electron chi connectivity index (χ3n) is 5.07. The number of sulfonamides is 1. The minimum Gasteiger partial charge on any atom is -0.324 e. The fourth-order valence-corrected chi connectivity index (χ4v) is 5.64. The lowest BCUT2D eigenvalue weighted by Gasteiger charge is -2.23. The third kappa shape index (κ3) is 6.37. The van der Waals surface area contributed by atoms with Gasteiger partial charge in [0, 0.05) is 26.8 Å². The number of anilines is 1. The van der Waals surface area contributed by atoms with Crippen LogP contribution >= 0.6 is 39.1 Å². The van der Waals surface area contributed by atoms with Crippen LogP contribution in [0.25, 0.3) is 0 Å². The third-order valence-corrected chi connectivity index (χ3v) is 8.00. The predicted octanol–water partition coefficient (Wildman–Crippen LogP) is 6.51. The van der Waals surface area contributed by atoms with Crippen molar-refractivity contribution in [2.75, 3.05) is 11.9 Å². The van der Waals surface area contributed by atoms with Gasteiger partial charge in [-0.3, -0.25) is 4.79 Å². The van der Waals surface area contributed by atoms with E-state index in [1.54, 1.807) is 30.3 Å². The fraction of sp³-hybridized carbons (Fsp3) is 0.208. The van der Waals surface area contributed by atoms with E-state index < -0.39 is 15.9 Å². The highest BCUT2D eigenvalue weighted by atomic mass is 79.9. The standard InChI is InChI=1S/C24H23BrCl2N2O3S/c1-15-10-16(2)24(17(3)11-15)28-23(30)14-29(13-18-4-7-20(26)12-22(18)27)33(31,32)21-8-5-19(25)6-9-21/h4-12H,13-14H2,1-3H3,(H,28,30). The molecule has 33 heavy (non-hydrogen) atoms. The number of rotatable bonds is 7. The van der Waals surface area contributed by atoms with Crippen molar-refractivity contribution in [2.24, 2.45) is 0 Å². The fourth-order valence-electron chi connectivity index (χ4n) is 3.54. The second-order valence-electron chi connectivity index (χ2n) is 7.78. The number of hydrogen-bond donors (Lipinski definition) is 1. The lowest BCUT2D eigenvalue weighted by molar-refractivity contribution is -0.116. The van der Waals surface area contributed by atoms with Gasteiger partial charge < -0.3 is 5.32 Å². The van der Waals surface area contributed by atoms with Gasteiger partial charge in [0.25, 0.3) is 0 Å². The Kier molecular flexibility index (Phi) is 8.24. The van der Waals surface area contributed by atoms with Gasteiger partial charge in [-0.15, -0.1) is 0 Å². The molecule has 0 aliphatic rings. The van der Waals surface area contributed by atoms with Crippen molar-refractivity contribution >= 4 is 60.7 Å². The summed E-state index contributed by atoms with van der Waals surface area (Å²) in [6.45, 7) is 5.31. The Balaban J connectivity index is 1.94. The first-order valence-corrected chi connectivity index (χ1v) is 13.0. The molecule has 3 aromatic carbocycles. The SMILES string of the molecule is Cc1cc(C)c(NC(=O)CN(Cc2ccc(Cl)cc2Cl)S(=O)(=O)c2ccc(Br)cc2)c(C)c1. The summed E-state index contributed by atoms with van der Waals surface area (Å²) >= 11 is 15.6. The first-order chi connectivity index (χ1) is 15.5. The maximum atomic E-state index is 13.5. The monoisotopic (exact) mass is 568 g/mol. The van der Waals surface area contributed by atoms with Crippen molar-refractivity contribution in [2.45, 2.75) is 32.2 Å². The van der Waals surface area contributed by atoms with Crippen LogP contribution in [0.1, 0.15) is 22.3 Å². The van der Waals surface area contributed by atoms with Crippen molar-refractivity contribution in [3.05, 3.63) is 91.4 Å². The highest BCUT2D eigenvalue weighted by Crippen LogP contribution is 2.27. The van der Waals surface area contributed by atoms with Crippen LogP contribution in [0.3, 0.4) is 0 Å². The predicted molar refractivity (Wildman–Crippen MR) is 137 cm³/mol. The van der Waals surface area contributed by atoms with Crippen LogP contribution in [-0.4, -0.2) is 25.2 Å². The minimum atomic E-state index is -4.00. The van der Waals surface area contributed by atoms with Crippen LogP contribution in [0.2, 0.25) is 10.0 Å². The quantitative estimate of drug-likeness (QED) is 0.352. The molecule has 0 heterocycles. The first kappa shape index (κ1) is 25.7. The van der Waals surface area contributed by atoms with Crippen molar-refractivity contribution in [3.8, 4) is 0 Å². The zero-order chi connectivity index (χ0) is 24.3. The number of nitrogens with zero attached hydrogens (tertiary/aromatic N) is 1. The summed E-state index contributed by atoms with van der Waals surface area (Å²) in [7, 11) is -4.00. The smallest absolute Gasteiger partial charge is 0.243 e. The number of carbonyl (C=O) groups is 1. The van der Waals surface area contributed by atoms with E-state index >= 15 is 0 Å². The molecule has 0 bridgehead atoms.